The van der Waals surface area contributed by atoms with E-state index in [0.29, 0.717) is 21.6 Å². The molecule has 1 aliphatic heterocycles. The Morgan fingerprint density at radius 3 is 2.48 bits per heavy atom. The number of phenols is 1. The average molecular weight is 448 g/mol. The molecule has 31 heavy (non-hydrogen) atoms. The number of halogens is 1. The van der Waals surface area contributed by atoms with Crippen molar-refractivity contribution in [1.82, 2.24) is 10.3 Å². The van der Waals surface area contributed by atoms with Gasteiger partial charge in [-0.2, -0.15) is 0 Å². The van der Waals surface area contributed by atoms with Gasteiger partial charge < -0.3 is 19.7 Å². The number of aromatic nitrogens is 1. The van der Waals surface area contributed by atoms with Gasteiger partial charge in [-0.05, 0) is 72.9 Å². The zero-order chi connectivity index (χ0) is 21.4. The maximum Gasteiger partial charge on any atom is 0.174 e. The van der Waals surface area contributed by atoms with E-state index in [-0.39, 0.29) is 17.8 Å². The zero-order valence-corrected chi connectivity index (χ0v) is 17.8. The molecule has 1 fully saturated rings. The molecule has 2 atom stereocenters. The second-order valence-corrected chi connectivity index (χ2v) is 8.02. The fourth-order valence-corrected chi connectivity index (χ4v) is 4.32. The van der Waals surface area contributed by atoms with Crippen molar-refractivity contribution in [3.63, 3.8) is 0 Å². The number of hydrogen-bond acceptors (Lipinski definition) is 4. The van der Waals surface area contributed by atoms with Crippen LogP contribution < -0.4 is 10.2 Å². The topological polar surface area (TPSA) is 61.5 Å². The largest absolute Gasteiger partial charge is 0.506 e. The van der Waals surface area contributed by atoms with Gasteiger partial charge in [0.05, 0.1) is 17.4 Å². The Kier molecular flexibility index (Phi) is 5.10. The predicted molar refractivity (Wildman–Crippen MR) is 125 cm³/mol. The van der Waals surface area contributed by atoms with E-state index in [4.69, 9.17) is 28.2 Å². The highest BCUT2D eigenvalue weighted by molar-refractivity contribution is 7.80. The van der Waals surface area contributed by atoms with E-state index in [1.165, 1.54) is 0 Å². The predicted octanol–water partition coefficient (Wildman–Crippen LogP) is 5.88. The normalized spacial score (nSPS) is 18.2. The lowest BCUT2D eigenvalue weighted by Crippen LogP contribution is -2.29. The molecule has 5 rings (SSSR count). The molecule has 1 aliphatic rings. The van der Waals surface area contributed by atoms with Crippen molar-refractivity contribution in [3.05, 3.63) is 102 Å². The van der Waals surface area contributed by atoms with E-state index >= 15 is 0 Å². The van der Waals surface area contributed by atoms with Crippen molar-refractivity contribution < 1.29 is 9.52 Å². The summed E-state index contributed by atoms with van der Waals surface area (Å²) in [7, 11) is 0. The molecule has 1 saturated heterocycles. The molecule has 0 saturated carbocycles. The van der Waals surface area contributed by atoms with Gasteiger partial charge in [0.25, 0.3) is 0 Å². The Morgan fingerprint density at radius 2 is 1.74 bits per heavy atom. The molecule has 154 valence electrons. The minimum Gasteiger partial charge on any atom is -0.506 e. The lowest BCUT2D eigenvalue weighted by molar-refractivity contribution is 0.434. The first-order chi connectivity index (χ1) is 15.1. The molecule has 5 nitrogen and oxygen atoms in total. The van der Waals surface area contributed by atoms with Crippen LogP contribution in [0.2, 0.25) is 5.02 Å². The number of nitrogens with zero attached hydrogens (tertiary/aromatic N) is 2. The van der Waals surface area contributed by atoms with Crippen molar-refractivity contribution in [2.75, 3.05) is 4.90 Å². The maximum atomic E-state index is 10.5. The number of benzene rings is 2. The molecule has 0 unspecified atom stereocenters. The first-order valence-electron chi connectivity index (χ1n) is 9.76. The summed E-state index contributed by atoms with van der Waals surface area (Å²) in [5.41, 5.74) is 2.36. The molecule has 0 radical (unpaired) electrons. The number of aromatic hydroxyl groups is 1. The number of thiocarbonyl (C=S) groups is 1. The zero-order valence-electron chi connectivity index (χ0n) is 16.3. The van der Waals surface area contributed by atoms with E-state index in [1.54, 1.807) is 18.3 Å². The molecule has 0 bridgehead atoms. The molecule has 3 heterocycles. The summed E-state index contributed by atoms with van der Waals surface area (Å²) < 4.78 is 6.29. The Balaban J connectivity index is 1.61. The minimum absolute atomic E-state index is 0.141. The van der Waals surface area contributed by atoms with E-state index < -0.39 is 0 Å². The van der Waals surface area contributed by atoms with Crippen LogP contribution in [0.5, 0.6) is 5.75 Å². The smallest absolute Gasteiger partial charge is 0.174 e. The van der Waals surface area contributed by atoms with Crippen molar-refractivity contribution in [1.29, 1.82) is 0 Å². The third kappa shape index (κ3) is 3.65. The van der Waals surface area contributed by atoms with Gasteiger partial charge in [0.15, 0.2) is 5.11 Å². The van der Waals surface area contributed by atoms with Gasteiger partial charge in [-0.3, -0.25) is 4.98 Å². The van der Waals surface area contributed by atoms with Crippen LogP contribution in [0.25, 0.3) is 11.3 Å². The van der Waals surface area contributed by atoms with Crippen LogP contribution in [-0.4, -0.2) is 15.2 Å². The van der Waals surface area contributed by atoms with Gasteiger partial charge >= 0.3 is 0 Å². The van der Waals surface area contributed by atoms with Gasteiger partial charge in [0.1, 0.15) is 23.3 Å². The monoisotopic (exact) mass is 447 g/mol. The maximum absolute atomic E-state index is 10.5. The Labute approximate surface area is 189 Å². The fourth-order valence-electron chi connectivity index (χ4n) is 3.85. The molecule has 0 spiro atoms. The number of hydrogen-bond donors (Lipinski definition) is 2. The lowest BCUT2D eigenvalue weighted by Gasteiger charge is -2.26. The number of para-hydroxylation sites is 2. The van der Waals surface area contributed by atoms with E-state index in [1.807, 2.05) is 71.6 Å². The summed E-state index contributed by atoms with van der Waals surface area (Å²) in [5.74, 6) is 1.57. The summed E-state index contributed by atoms with van der Waals surface area (Å²) in [6, 6.07) is 23.7. The summed E-state index contributed by atoms with van der Waals surface area (Å²) in [6.07, 6.45) is 1.75. The molecule has 7 heteroatoms. The summed E-state index contributed by atoms with van der Waals surface area (Å²) >= 11 is 11.7. The molecule has 0 amide bonds. The number of nitrogens with one attached hydrogen (secondary N) is 1. The molecule has 4 aromatic rings. The number of rotatable bonds is 4. The Morgan fingerprint density at radius 1 is 0.968 bits per heavy atom. The van der Waals surface area contributed by atoms with Crippen LogP contribution in [0, 0.1) is 0 Å². The second-order valence-electron chi connectivity index (χ2n) is 7.19. The van der Waals surface area contributed by atoms with Crippen LogP contribution in [0.1, 0.15) is 23.5 Å². The number of anilines is 1. The number of phenolic OH excluding ortho intramolecular Hbond substituents is 1. The van der Waals surface area contributed by atoms with Crippen LogP contribution in [-0.2, 0) is 0 Å². The van der Waals surface area contributed by atoms with Gasteiger partial charge in [0, 0.05) is 16.8 Å². The minimum atomic E-state index is -0.336. The van der Waals surface area contributed by atoms with Crippen LogP contribution in [0.3, 0.4) is 0 Å². The molecule has 2 aromatic carbocycles. The van der Waals surface area contributed by atoms with Crippen molar-refractivity contribution >= 4 is 34.6 Å². The van der Waals surface area contributed by atoms with Crippen LogP contribution >= 0.6 is 23.8 Å². The van der Waals surface area contributed by atoms with Gasteiger partial charge in [-0.15, -0.1) is 0 Å². The van der Waals surface area contributed by atoms with Gasteiger partial charge in [-0.25, -0.2) is 0 Å². The Hall–Kier alpha value is -3.35. The average Bonchev–Trinajstić information content (AvgIpc) is 3.40. The molecule has 2 N–H and O–H groups in total. The first kappa shape index (κ1) is 19.6. The van der Waals surface area contributed by atoms with Crippen LogP contribution in [0.4, 0.5) is 5.69 Å². The summed E-state index contributed by atoms with van der Waals surface area (Å²) in [5, 5.41) is 15.0. The highest BCUT2D eigenvalue weighted by atomic mass is 35.5. The molecule has 0 aliphatic carbocycles. The van der Waals surface area contributed by atoms with Gasteiger partial charge in [-0.1, -0.05) is 29.8 Å². The first-order valence-corrected chi connectivity index (χ1v) is 10.5. The van der Waals surface area contributed by atoms with Crippen molar-refractivity contribution in [2.45, 2.75) is 12.1 Å². The van der Waals surface area contributed by atoms with Crippen molar-refractivity contribution in [3.8, 4) is 17.1 Å². The number of furan rings is 1. The SMILES string of the molecule is Oc1ccccc1N1C(=S)N[C@@H](c2ccccn2)[C@H]1c1ccc(-c2ccc(Cl)cc2)o1. The van der Waals surface area contributed by atoms with Crippen LogP contribution in [0.15, 0.2) is 89.5 Å². The van der Waals surface area contributed by atoms with Crippen molar-refractivity contribution in [2.24, 2.45) is 0 Å². The second kappa shape index (κ2) is 8.06. The highest BCUT2D eigenvalue weighted by Crippen LogP contribution is 2.45. The number of pyridine rings is 1. The molecule has 2 aromatic heterocycles. The van der Waals surface area contributed by atoms with E-state index in [2.05, 4.69) is 10.3 Å². The fraction of sp³-hybridized carbons (Fsp3) is 0.0833. The van der Waals surface area contributed by atoms with E-state index in [9.17, 15) is 5.11 Å². The van der Waals surface area contributed by atoms with Gasteiger partial charge in [0.2, 0.25) is 0 Å². The van der Waals surface area contributed by atoms with E-state index in [0.717, 1.165) is 17.0 Å². The third-order valence-electron chi connectivity index (χ3n) is 5.29. The summed E-state index contributed by atoms with van der Waals surface area (Å²) in [6.45, 7) is 0. The molecular formula is C24H18ClN3O2S. The summed E-state index contributed by atoms with van der Waals surface area (Å²) in [4.78, 5) is 6.41. The third-order valence-corrected chi connectivity index (χ3v) is 5.85. The standard InChI is InChI=1S/C24H18ClN3O2S/c25-16-10-8-15(9-11-16)20-12-13-21(30-20)23-22(17-5-3-4-14-26-17)27-24(31)28(23)18-6-1-2-7-19(18)29/h1-14,22-23,29H,(H,27,31)/t22-,23+/m0/s1. The highest BCUT2D eigenvalue weighted by Gasteiger charge is 2.43. The lowest BCUT2D eigenvalue weighted by atomic mass is 10.0. The quantitative estimate of drug-likeness (QED) is 0.381. The Bertz CT molecular complexity index is 1230. The molecular weight excluding hydrogens is 430 g/mol.